The topological polar surface area (TPSA) is 6.48 Å². The maximum atomic E-state index is 2.50. The molecule has 0 aliphatic carbocycles. The summed E-state index contributed by atoms with van der Waals surface area (Å²) < 4.78 is 2.46. The zero-order chi connectivity index (χ0) is 10.5. The number of benzene rings is 1. The van der Waals surface area contributed by atoms with Gasteiger partial charge in [0.25, 0.3) is 0 Å². The van der Waals surface area contributed by atoms with Gasteiger partial charge in [0.15, 0.2) is 0 Å². The molecule has 0 spiro atoms. The average molecular weight is 222 g/mol. The van der Waals surface area contributed by atoms with E-state index in [0.717, 1.165) is 0 Å². The van der Waals surface area contributed by atoms with Gasteiger partial charge in [-0.2, -0.15) is 0 Å². The average Bonchev–Trinajstić information content (AvgIpc) is 2.31. The largest absolute Gasteiger partial charge is 0.301 e. The minimum absolute atomic E-state index is 1.17. The third-order valence-electron chi connectivity index (χ3n) is 2.76. The van der Waals surface area contributed by atoms with Crippen LogP contribution in [0.15, 0.2) is 35.2 Å². The minimum atomic E-state index is 1.17. The van der Waals surface area contributed by atoms with Crippen molar-refractivity contribution in [3.63, 3.8) is 0 Å². The molecule has 0 aromatic heterocycles. The van der Waals surface area contributed by atoms with E-state index in [4.69, 9.17) is 0 Å². The highest BCUT2D eigenvalue weighted by Crippen LogP contribution is 2.23. The highest BCUT2D eigenvalue weighted by Gasteiger charge is 2.15. The van der Waals surface area contributed by atoms with Crippen LogP contribution in [0.5, 0.6) is 0 Å². The number of likely N-dealkylation sites (N-methyl/N-ethyl adjacent to an activating group) is 1. The Morgan fingerprint density at radius 3 is 2.33 bits per heavy atom. The lowest BCUT2D eigenvalue weighted by molar-refractivity contribution is 0.205. The summed E-state index contributed by atoms with van der Waals surface area (Å²) in [6, 6.07) is 10.6. The van der Waals surface area contributed by atoms with Crippen LogP contribution in [0.25, 0.3) is 0 Å². The van der Waals surface area contributed by atoms with Crippen molar-refractivity contribution in [1.82, 2.24) is 9.21 Å². The zero-order valence-corrected chi connectivity index (χ0v) is 10.0. The third-order valence-corrected chi connectivity index (χ3v) is 3.86. The van der Waals surface area contributed by atoms with Gasteiger partial charge < -0.3 is 4.90 Å². The summed E-state index contributed by atoms with van der Waals surface area (Å²) in [5, 5.41) is 0. The number of hydrogen-bond donors (Lipinski definition) is 0. The summed E-state index contributed by atoms with van der Waals surface area (Å²) in [6.45, 7) is 8.18. The molecule has 2 nitrogen and oxygen atoms in total. The number of rotatable bonds is 3. The van der Waals surface area contributed by atoms with E-state index in [9.17, 15) is 0 Å². The van der Waals surface area contributed by atoms with Gasteiger partial charge in [0.1, 0.15) is 0 Å². The maximum Gasteiger partial charge on any atom is 0.0230 e. The molecule has 15 heavy (non-hydrogen) atoms. The summed E-state index contributed by atoms with van der Waals surface area (Å²) in [4.78, 5) is 3.85. The van der Waals surface area contributed by atoms with Crippen LogP contribution >= 0.6 is 11.9 Å². The Balaban J connectivity index is 1.82. The lowest BCUT2D eigenvalue weighted by atomic mass is 10.4. The molecule has 1 heterocycles. The second-order valence-corrected chi connectivity index (χ2v) is 4.94. The van der Waals surface area contributed by atoms with Crippen LogP contribution in [0.1, 0.15) is 6.92 Å². The van der Waals surface area contributed by atoms with E-state index in [-0.39, 0.29) is 0 Å². The van der Waals surface area contributed by atoms with Crippen molar-refractivity contribution in [3.05, 3.63) is 30.3 Å². The Morgan fingerprint density at radius 2 is 1.73 bits per heavy atom. The summed E-state index contributed by atoms with van der Waals surface area (Å²) >= 11 is 1.88. The van der Waals surface area contributed by atoms with Crippen molar-refractivity contribution < 1.29 is 0 Å². The number of piperazine rings is 1. The highest BCUT2D eigenvalue weighted by atomic mass is 32.2. The monoisotopic (exact) mass is 222 g/mol. The number of hydrogen-bond acceptors (Lipinski definition) is 3. The SMILES string of the molecule is CCN1CCN(Sc2ccccc2)CC1. The Hall–Kier alpha value is -0.510. The quantitative estimate of drug-likeness (QED) is 0.725. The first-order valence-corrected chi connectivity index (χ1v) is 6.36. The van der Waals surface area contributed by atoms with Gasteiger partial charge >= 0.3 is 0 Å². The number of nitrogens with zero attached hydrogens (tertiary/aromatic N) is 2. The van der Waals surface area contributed by atoms with Gasteiger partial charge in [-0.15, -0.1) is 0 Å². The van der Waals surface area contributed by atoms with E-state index in [1.54, 1.807) is 0 Å². The molecule has 0 radical (unpaired) electrons. The summed E-state index contributed by atoms with van der Waals surface area (Å²) in [6.07, 6.45) is 0. The van der Waals surface area contributed by atoms with Crippen LogP contribution in [-0.4, -0.2) is 41.9 Å². The molecule has 1 aliphatic heterocycles. The van der Waals surface area contributed by atoms with E-state index in [1.807, 2.05) is 11.9 Å². The Kier molecular flexibility index (Phi) is 4.06. The summed E-state index contributed by atoms with van der Waals surface area (Å²) in [7, 11) is 0. The first-order valence-electron chi connectivity index (χ1n) is 5.59. The van der Waals surface area contributed by atoms with E-state index >= 15 is 0 Å². The Labute approximate surface area is 96.4 Å². The van der Waals surface area contributed by atoms with Crippen LogP contribution in [0, 0.1) is 0 Å². The van der Waals surface area contributed by atoms with Crippen molar-refractivity contribution in [1.29, 1.82) is 0 Å². The van der Waals surface area contributed by atoms with E-state index in [0.29, 0.717) is 0 Å². The molecule has 0 N–H and O–H groups in total. The van der Waals surface area contributed by atoms with Crippen LogP contribution in [0.2, 0.25) is 0 Å². The van der Waals surface area contributed by atoms with Gasteiger partial charge in [-0.25, -0.2) is 4.31 Å². The van der Waals surface area contributed by atoms with Gasteiger partial charge in [0, 0.05) is 31.1 Å². The lowest BCUT2D eigenvalue weighted by Gasteiger charge is -2.32. The standard InChI is InChI=1S/C12H18N2S/c1-2-13-8-10-14(11-9-13)15-12-6-4-3-5-7-12/h3-7H,2,8-11H2,1H3. The van der Waals surface area contributed by atoms with Gasteiger partial charge in [-0.1, -0.05) is 25.1 Å². The fourth-order valence-electron chi connectivity index (χ4n) is 1.77. The predicted octanol–water partition coefficient (Wildman–Crippen LogP) is 2.33. The van der Waals surface area contributed by atoms with Crippen molar-refractivity contribution in [3.8, 4) is 0 Å². The fourth-order valence-corrected chi connectivity index (χ4v) is 2.69. The van der Waals surface area contributed by atoms with E-state index in [2.05, 4.69) is 46.5 Å². The first kappa shape index (κ1) is 11.0. The van der Waals surface area contributed by atoms with E-state index in [1.165, 1.54) is 37.6 Å². The molecular formula is C12H18N2S. The van der Waals surface area contributed by atoms with Gasteiger partial charge in [-0.3, -0.25) is 0 Å². The molecule has 1 fully saturated rings. The zero-order valence-electron chi connectivity index (χ0n) is 9.22. The normalized spacial score (nSPS) is 19.3. The summed E-state index contributed by atoms with van der Waals surface area (Å²) in [5.74, 6) is 0. The molecule has 0 atom stereocenters. The lowest BCUT2D eigenvalue weighted by Crippen LogP contribution is -2.43. The predicted molar refractivity (Wildman–Crippen MR) is 66.0 cm³/mol. The van der Waals surface area contributed by atoms with Gasteiger partial charge in [0.2, 0.25) is 0 Å². The first-order chi connectivity index (χ1) is 7.38. The Morgan fingerprint density at radius 1 is 1.07 bits per heavy atom. The second kappa shape index (κ2) is 5.54. The smallest absolute Gasteiger partial charge is 0.0230 e. The third kappa shape index (κ3) is 3.23. The second-order valence-electron chi connectivity index (χ2n) is 3.77. The molecule has 0 unspecified atom stereocenters. The molecular weight excluding hydrogens is 204 g/mol. The molecule has 1 aromatic carbocycles. The van der Waals surface area contributed by atoms with Crippen molar-refractivity contribution in [2.45, 2.75) is 11.8 Å². The van der Waals surface area contributed by atoms with Crippen LogP contribution in [0.4, 0.5) is 0 Å². The minimum Gasteiger partial charge on any atom is -0.301 e. The van der Waals surface area contributed by atoms with Crippen LogP contribution in [-0.2, 0) is 0 Å². The molecule has 0 saturated carbocycles. The molecule has 82 valence electrons. The molecule has 0 amide bonds. The van der Waals surface area contributed by atoms with Crippen molar-refractivity contribution >= 4 is 11.9 Å². The van der Waals surface area contributed by atoms with Gasteiger partial charge in [-0.05, 0) is 30.6 Å². The highest BCUT2D eigenvalue weighted by molar-refractivity contribution is 7.97. The summed E-state index contributed by atoms with van der Waals surface area (Å²) in [5.41, 5.74) is 0. The van der Waals surface area contributed by atoms with Crippen LogP contribution in [0.3, 0.4) is 0 Å². The van der Waals surface area contributed by atoms with Crippen molar-refractivity contribution in [2.75, 3.05) is 32.7 Å². The Bertz CT molecular complexity index is 281. The fraction of sp³-hybridized carbons (Fsp3) is 0.500. The molecule has 3 heteroatoms. The van der Waals surface area contributed by atoms with Gasteiger partial charge in [0.05, 0.1) is 0 Å². The van der Waals surface area contributed by atoms with E-state index < -0.39 is 0 Å². The van der Waals surface area contributed by atoms with Crippen LogP contribution < -0.4 is 0 Å². The molecule has 0 bridgehead atoms. The molecule has 1 aromatic rings. The molecule has 1 aliphatic rings. The molecule has 1 saturated heterocycles. The maximum absolute atomic E-state index is 2.50. The molecule has 2 rings (SSSR count). The van der Waals surface area contributed by atoms with Crippen molar-refractivity contribution in [2.24, 2.45) is 0 Å².